The Morgan fingerprint density at radius 1 is 0.931 bits per heavy atom. The Kier molecular flexibility index (Phi) is 7.66. The van der Waals surface area contributed by atoms with Crippen molar-refractivity contribution < 1.29 is 17.9 Å². The van der Waals surface area contributed by atoms with E-state index in [0.717, 1.165) is 31.5 Å². The first-order valence-corrected chi connectivity index (χ1v) is 11.6. The van der Waals surface area contributed by atoms with Gasteiger partial charge in [0.15, 0.2) is 6.61 Å². The van der Waals surface area contributed by atoms with Crippen LogP contribution in [0.5, 0.6) is 5.75 Å². The Balaban J connectivity index is 1.48. The molecule has 1 aliphatic rings. The fraction of sp³-hybridized carbons (Fsp3) is 0.409. The SMILES string of the molecule is O=C(COc1ccc(S(=O)(=O)NCCc2ccccc2)cc1)N1CCCCCC1. The summed E-state index contributed by atoms with van der Waals surface area (Å²) in [7, 11) is -3.58. The number of carbonyl (C=O) groups excluding carboxylic acids is 1. The number of hydrogen-bond donors (Lipinski definition) is 1. The zero-order chi connectivity index (χ0) is 20.5. The van der Waals surface area contributed by atoms with Crippen molar-refractivity contribution in [2.24, 2.45) is 0 Å². The normalized spacial score (nSPS) is 15.0. The minimum atomic E-state index is -3.58. The van der Waals surface area contributed by atoms with Crippen molar-refractivity contribution in [2.75, 3.05) is 26.2 Å². The Morgan fingerprint density at radius 2 is 1.59 bits per heavy atom. The van der Waals surface area contributed by atoms with Crippen molar-refractivity contribution in [3.8, 4) is 5.75 Å². The number of rotatable bonds is 8. The van der Waals surface area contributed by atoms with Crippen LogP contribution in [0.2, 0.25) is 0 Å². The van der Waals surface area contributed by atoms with Gasteiger partial charge in [-0.2, -0.15) is 0 Å². The first-order chi connectivity index (χ1) is 14.0. The van der Waals surface area contributed by atoms with Gasteiger partial charge in [0.05, 0.1) is 4.90 Å². The molecule has 6 nitrogen and oxygen atoms in total. The lowest BCUT2D eigenvalue weighted by molar-refractivity contribution is -0.133. The van der Waals surface area contributed by atoms with Crippen LogP contribution in [0.1, 0.15) is 31.2 Å². The average Bonchev–Trinajstić information content (AvgIpc) is 3.03. The molecule has 1 fully saturated rings. The molecule has 1 amide bonds. The van der Waals surface area contributed by atoms with E-state index in [9.17, 15) is 13.2 Å². The van der Waals surface area contributed by atoms with Gasteiger partial charge in [0.1, 0.15) is 5.75 Å². The molecule has 0 aliphatic carbocycles. The standard InChI is InChI=1S/C22H28N2O4S/c25-22(24-16-6-1-2-7-17-24)18-28-20-10-12-21(13-11-20)29(26,27)23-15-14-19-8-4-3-5-9-19/h3-5,8-13,23H,1-2,6-7,14-18H2. The smallest absolute Gasteiger partial charge is 0.260 e. The molecule has 1 aliphatic heterocycles. The lowest BCUT2D eigenvalue weighted by Gasteiger charge is -2.20. The second-order valence-electron chi connectivity index (χ2n) is 7.19. The number of likely N-dealkylation sites (tertiary alicyclic amines) is 1. The van der Waals surface area contributed by atoms with Gasteiger partial charge in [-0.3, -0.25) is 4.79 Å². The lowest BCUT2D eigenvalue weighted by atomic mass is 10.2. The van der Waals surface area contributed by atoms with E-state index in [1.165, 1.54) is 25.0 Å². The topological polar surface area (TPSA) is 75.7 Å². The molecule has 0 saturated carbocycles. The third-order valence-corrected chi connectivity index (χ3v) is 6.48. The average molecular weight is 417 g/mol. The fourth-order valence-corrected chi connectivity index (χ4v) is 4.36. The molecule has 1 N–H and O–H groups in total. The van der Waals surface area contributed by atoms with Crippen LogP contribution in [-0.2, 0) is 21.2 Å². The second-order valence-corrected chi connectivity index (χ2v) is 8.96. The summed E-state index contributed by atoms with van der Waals surface area (Å²) < 4.78 is 33.0. The third-order valence-electron chi connectivity index (χ3n) is 5.00. The highest BCUT2D eigenvalue weighted by Gasteiger charge is 2.17. The second kappa shape index (κ2) is 10.4. The number of ether oxygens (including phenoxy) is 1. The minimum Gasteiger partial charge on any atom is -0.484 e. The summed E-state index contributed by atoms with van der Waals surface area (Å²) in [5, 5.41) is 0. The summed E-state index contributed by atoms with van der Waals surface area (Å²) >= 11 is 0. The van der Waals surface area contributed by atoms with E-state index >= 15 is 0 Å². The Labute approximate surface area is 172 Å². The van der Waals surface area contributed by atoms with Crippen LogP contribution in [0.3, 0.4) is 0 Å². The van der Waals surface area contributed by atoms with E-state index in [1.807, 2.05) is 35.2 Å². The number of sulfonamides is 1. The number of nitrogens with zero attached hydrogens (tertiary/aromatic N) is 1. The molecule has 156 valence electrons. The van der Waals surface area contributed by atoms with Crippen molar-refractivity contribution in [1.82, 2.24) is 9.62 Å². The van der Waals surface area contributed by atoms with Crippen molar-refractivity contribution in [2.45, 2.75) is 37.0 Å². The summed E-state index contributed by atoms with van der Waals surface area (Å²) in [5.74, 6) is 0.461. The van der Waals surface area contributed by atoms with E-state index in [-0.39, 0.29) is 17.4 Å². The molecule has 0 atom stereocenters. The molecular weight excluding hydrogens is 388 g/mol. The van der Waals surface area contributed by atoms with Gasteiger partial charge in [0, 0.05) is 19.6 Å². The molecule has 1 saturated heterocycles. The molecule has 2 aromatic carbocycles. The van der Waals surface area contributed by atoms with E-state index in [0.29, 0.717) is 18.7 Å². The van der Waals surface area contributed by atoms with Gasteiger partial charge in [0.25, 0.3) is 5.91 Å². The van der Waals surface area contributed by atoms with Gasteiger partial charge in [-0.05, 0) is 49.1 Å². The molecule has 7 heteroatoms. The van der Waals surface area contributed by atoms with Crippen LogP contribution in [-0.4, -0.2) is 45.5 Å². The monoisotopic (exact) mass is 416 g/mol. The van der Waals surface area contributed by atoms with E-state index < -0.39 is 10.0 Å². The van der Waals surface area contributed by atoms with Crippen LogP contribution >= 0.6 is 0 Å². The van der Waals surface area contributed by atoms with Gasteiger partial charge in [0.2, 0.25) is 10.0 Å². The van der Waals surface area contributed by atoms with Gasteiger partial charge in [-0.15, -0.1) is 0 Å². The third kappa shape index (κ3) is 6.58. The molecule has 0 unspecified atom stereocenters. The first kappa shape index (κ1) is 21.3. The quantitative estimate of drug-likeness (QED) is 0.718. The number of amides is 1. The number of nitrogens with one attached hydrogen (secondary N) is 1. The summed E-state index contributed by atoms with van der Waals surface area (Å²) in [5.41, 5.74) is 1.08. The number of carbonyl (C=O) groups is 1. The van der Waals surface area contributed by atoms with Crippen LogP contribution in [0.4, 0.5) is 0 Å². The molecule has 2 aromatic rings. The van der Waals surface area contributed by atoms with Crippen molar-refractivity contribution in [3.05, 3.63) is 60.2 Å². The number of hydrogen-bond acceptors (Lipinski definition) is 4. The van der Waals surface area contributed by atoms with E-state index in [1.54, 1.807) is 12.1 Å². The summed E-state index contributed by atoms with van der Waals surface area (Å²) in [6.45, 7) is 1.87. The van der Waals surface area contributed by atoms with Crippen LogP contribution in [0.25, 0.3) is 0 Å². The summed E-state index contributed by atoms with van der Waals surface area (Å²) in [4.78, 5) is 14.3. The molecule has 0 aromatic heterocycles. The Hall–Kier alpha value is -2.38. The minimum absolute atomic E-state index is 0.0221. The molecule has 29 heavy (non-hydrogen) atoms. The molecule has 3 rings (SSSR count). The zero-order valence-electron chi connectivity index (χ0n) is 16.5. The lowest BCUT2D eigenvalue weighted by Crippen LogP contribution is -2.35. The van der Waals surface area contributed by atoms with Gasteiger partial charge in [-0.25, -0.2) is 13.1 Å². The Morgan fingerprint density at radius 3 is 2.24 bits per heavy atom. The maximum absolute atomic E-state index is 12.4. The highest BCUT2D eigenvalue weighted by molar-refractivity contribution is 7.89. The van der Waals surface area contributed by atoms with E-state index in [2.05, 4.69) is 4.72 Å². The Bertz CT molecular complexity index is 875. The predicted molar refractivity (Wildman–Crippen MR) is 112 cm³/mol. The fourth-order valence-electron chi connectivity index (χ4n) is 3.33. The van der Waals surface area contributed by atoms with Crippen LogP contribution in [0, 0.1) is 0 Å². The zero-order valence-corrected chi connectivity index (χ0v) is 17.4. The highest BCUT2D eigenvalue weighted by atomic mass is 32.2. The first-order valence-electron chi connectivity index (χ1n) is 10.1. The van der Waals surface area contributed by atoms with Crippen molar-refractivity contribution in [3.63, 3.8) is 0 Å². The molecule has 1 heterocycles. The van der Waals surface area contributed by atoms with Gasteiger partial charge in [-0.1, -0.05) is 43.2 Å². The largest absolute Gasteiger partial charge is 0.484 e. The molecule has 0 radical (unpaired) electrons. The van der Waals surface area contributed by atoms with Crippen molar-refractivity contribution >= 4 is 15.9 Å². The highest BCUT2D eigenvalue weighted by Crippen LogP contribution is 2.17. The van der Waals surface area contributed by atoms with Crippen LogP contribution in [0.15, 0.2) is 59.5 Å². The van der Waals surface area contributed by atoms with Gasteiger partial charge < -0.3 is 9.64 Å². The molecule has 0 spiro atoms. The van der Waals surface area contributed by atoms with Crippen LogP contribution < -0.4 is 9.46 Å². The predicted octanol–water partition coefficient (Wildman–Crippen LogP) is 2.99. The maximum atomic E-state index is 12.4. The maximum Gasteiger partial charge on any atom is 0.260 e. The summed E-state index contributed by atoms with van der Waals surface area (Å²) in [6.07, 6.45) is 5.03. The van der Waals surface area contributed by atoms with Crippen molar-refractivity contribution in [1.29, 1.82) is 0 Å². The van der Waals surface area contributed by atoms with Gasteiger partial charge >= 0.3 is 0 Å². The number of benzene rings is 2. The molecule has 0 bridgehead atoms. The molecular formula is C22H28N2O4S. The summed E-state index contributed by atoms with van der Waals surface area (Å²) in [6, 6.07) is 15.9. The van der Waals surface area contributed by atoms with E-state index in [4.69, 9.17) is 4.74 Å².